The molecule has 2 aromatic carbocycles. The summed E-state index contributed by atoms with van der Waals surface area (Å²) in [5.41, 5.74) is 6.57. The molecule has 0 aliphatic carbocycles. The van der Waals surface area contributed by atoms with Crippen molar-refractivity contribution in [2.24, 2.45) is 5.73 Å². The van der Waals surface area contributed by atoms with Crippen molar-refractivity contribution in [1.29, 1.82) is 0 Å². The normalized spacial score (nSPS) is 13.8. The molecular weight excluding hydrogens is 293 g/mol. The van der Waals surface area contributed by atoms with E-state index < -0.39 is 17.8 Å². The molecule has 112 valence electrons. The lowest BCUT2D eigenvalue weighted by atomic mass is 9.88. The summed E-state index contributed by atoms with van der Waals surface area (Å²) in [5, 5.41) is 10.8. The van der Waals surface area contributed by atoms with Gasteiger partial charge in [0.25, 0.3) is 0 Å². The van der Waals surface area contributed by atoms with Crippen molar-refractivity contribution in [3.8, 4) is 5.75 Å². The third kappa shape index (κ3) is 3.35. The second-order valence-electron chi connectivity index (χ2n) is 4.70. The molecule has 3 nitrogen and oxygen atoms in total. The SMILES string of the molecule is COc1cccc(C(O)C(CN)c2c(F)cccc2Cl)c1. The molecule has 0 radical (unpaired) electrons. The van der Waals surface area contributed by atoms with Crippen molar-refractivity contribution in [3.63, 3.8) is 0 Å². The number of methoxy groups -OCH3 is 1. The molecule has 5 heteroatoms. The number of hydrogen-bond acceptors (Lipinski definition) is 3. The molecule has 0 spiro atoms. The summed E-state index contributed by atoms with van der Waals surface area (Å²) in [6.45, 7) is 0.0685. The smallest absolute Gasteiger partial charge is 0.128 e. The first-order valence-electron chi connectivity index (χ1n) is 6.54. The van der Waals surface area contributed by atoms with Gasteiger partial charge in [0.1, 0.15) is 11.6 Å². The van der Waals surface area contributed by atoms with Crippen LogP contribution in [-0.2, 0) is 0 Å². The number of halogens is 2. The minimum absolute atomic E-state index is 0.0685. The number of hydrogen-bond donors (Lipinski definition) is 2. The van der Waals surface area contributed by atoms with Gasteiger partial charge in [-0.3, -0.25) is 0 Å². The average molecular weight is 310 g/mol. The van der Waals surface area contributed by atoms with Gasteiger partial charge < -0.3 is 15.6 Å². The Bertz CT molecular complexity index is 601. The predicted molar refractivity (Wildman–Crippen MR) is 81.2 cm³/mol. The van der Waals surface area contributed by atoms with Crippen LogP contribution in [0.3, 0.4) is 0 Å². The average Bonchev–Trinajstić information content (AvgIpc) is 2.50. The van der Waals surface area contributed by atoms with Crippen molar-refractivity contribution in [2.75, 3.05) is 13.7 Å². The van der Waals surface area contributed by atoms with E-state index in [4.69, 9.17) is 22.1 Å². The fourth-order valence-electron chi connectivity index (χ4n) is 2.33. The molecule has 0 fully saturated rings. The highest BCUT2D eigenvalue weighted by Crippen LogP contribution is 2.36. The summed E-state index contributed by atoms with van der Waals surface area (Å²) < 4.78 is 19.2. The number of ether oxygens (including phenoxy) is 1. The highest BCUT2D eigenvalue weighted by Gasteiger charge is 2.26. The lowest BCUT2D eigenvalue weighted by Crippen LogP contribution is -2.21. The minimum Gasteiger partial charge on any atom is -0.497 e. The maximum absolute atomic E-state index is 14.0. The van der Waals surface area contributed by atoms with Crippen molar-refractivity contribution in [2.45, 2.75) is 12.0 Å². The summed E-state index contributed by atoms with van der Waals surface area (Å²) in [5.74, 6) is -0.493. The molecule has 2 atom stereocenters. The van der Waals surface area contributed by atoms with E-state index in [1.807, 2.05) is 0 Å². The third-order valence-corrected chi connectivity index (χ3v) is 3.77. The zero-order valence-electron chi connectivity index (χ0n) is 11.6. The van der Waals surface area contributed by atoms with Crippen LogP contribution in [0.15, 0.2) is 42.5 Å². The summed E-state index contributed by atoms with van der Waals surface area (Å²) in [4.78, 5) is 0. The zero-order chi connectivity index (χ0) is 15.4. The first-order chi connectivity index (χ1) is 10.1. The van der Waals surface area contributed by atoms with Crippen LogP contribution in [0.4, 0.5) is 4.39 Å². The van der Waals surface area contributed by atoms with Gasteiger partial charge in [0.05, 0.1) is 13.2 Å². The number of benzene rings is 2. The second kappa shape index (κ2) is 6.89. The van der Waals surface area contributed by atoms with Crippen LogP contribution in [0.5, 0.6) is 5.75 Å². The first-order valence-corrected chi connectivity index (χ1v) is 6.92. The van der Waals surface area contributed by atoms with Crippen molar-refractivity contribution in [3.05, 3.63) is 64.4 Å². The van der Waals surface area contributed by atoms with Crippen LogP contribution >= 0.6 is 11.6 Å². The lowest BCUT2D eigenvalue weighted by molar-refractivity contribution is 0.145. The minimum atomic E-state index is -0.973. The Hall–Kier alpha value is -1.62. The van der Waals surface area contributed by atoms with Gasteiger partial charge in [-0.15, -0.1) is 0 Å². The zero-order valence-corrected chi connectivity index (χ0v) is 12.3. The molecular formula is C16H17ClFNO2. The number of rotatable bonds is 5. The standard InChI is InChI=1S/C16H17ClFNO2/c1-21-11-5-2-4-10(8-11)16(20)12(9-19)15-13(17)6-3-7-14(15)18/h2-8,12,16,20H,9,19H2,1H3. The molecule has 0 amide bonds. The third-order valence-electron chi connectivity index (χ3n) is 3.44. The van der Waals surface area contributed by atoms with Gasteiger partial charge in [-0.2, -0.15) is 0 Å². The Morgan fingerprint density at radius 3 is 2.62 bits per heavy atom. The van der Waals surface area contributed by atoms with E-state index >= 15 is 0 Å². The first kappa shape index (κ1) is 15.8. The van der Waals surface area contributed by atoms with Gasteiger partial charge in [0, 0.05) is 23.0 Å². The second-order valence-corrected chi connectivity index (χ2v) is 5.11. The van der Waals surface area contributed by atoms with Crippen LogP contribution < -0.4 is 10.5 Å². The van der Waals surface area contributed by atoms with E-state index in [9.17, 15) is 9.50 Å². The molecule has 0 aromatic heterocycles. The lowest BCUT2D eigenvalue weighted by Gasteiger charge is -2.24. The number of nitrogens with two attached hydrogens (primary N) is 1. The van der Waals surface area contributed by atoms with Crippen LogP contribution in [0.1, 0.15) is 23.1 Å². The maximum atomic E-state index is 14.0. The topological polar surface area (TPSA) is 55.5 Å². The molecule has 3 N–H and O–H groups in total. The van der Waals surface area contributed by atoms with Gasteiger partial charge >= 0.3 is 0 Å². The Balaban J connectivity index is 2.40. The summed E-state index contributed by atoms with van der Waals surface area (Å²) in [6, 6.07) is 11.4. The Morgan fingerprint density at radius 1 is 1.29 bits per heavy atom. The van der Waals surface area contributed by atoms with Gasteiger partial charge in [-0.25, -0.2) is 4.39 Å². The monoisotopic (exact) mass is 309 g/mol. The summed E-state index contributed by atoms with van der Waals surface area (Å²) in [7, 11) is 1.54. The molecule has 0 aliphatic rings. The molecule has 0 bridgehead atoms. The predicted octanol–water partition coefficient (Wildman–Crippen LogP) is 3.26. The molecule has 21 heavy (non-hydrogen) atoms. The molecule has 0 heterocycles. The van der Waals surface area contributed by atoms with E-state index in [0.717, 1.165) is 0 Å². The highest BCUT2D eigenvalue weighted by molar-refractivity contribution is 6.31. The van der Waals surface area contributed by atoms with Crippen LogP contribution in [0.2, 0.25) is 5.02 Å². The fraction of sp³-hybridized carbons (Fsp3) is 0.250. The molecule has 0 saturated carbocycles. The Labute approximate surface area is 128 Å². The van der Waals surface area contributed by atoms with Crippen LogP contribution in [-0.4, -0.2) is 18.8 Å². The molecule has 2 unspecified atom stereocenters. The van der Waals surface area contributed by atoms with E-state index in [0.29, 0.717) is 11.3 Å². The van der Waals surface area contributed by atoms with E-state index in [2.05, 4.69) is 0 Å². The van der Waals surface area contributed by atoms with Crippen LogP contribution in [0.25, 0.3) is 0 Å². The van der Waals surface area contributed by atoms with Crippen molar-refractivity contribution >= 4 is 11.6 Å². The maximum Gasteiger partial charge on any atom is 0.128 e. The van der Waals surface area contributed by atoms with E-state index in [-0.39, 0.29) is 17.1 Å². The quantitative estimate of drug-likeness (QED) is 0.891. The molecule has 0 saturated heterocycles. The van der Waals surface area contributed by atoms with Gasteiger partial charge in [-0.1, -0.05) is 29.8 Å². The fourth-order valence-corrected chi connectivity index (χ4v) is 2.63. The summed E-state index contributed by atoms with van der Waals surface area (Å²) >= 11 is 6.06. The summed E-state index contributed by atoms with van der Waals surface area (Å²) in [6.07, 6.45) is -0.973. The molecule has 0 aliphatic heterocycles. The van der Waals surface area contributed by atoms with Gasteiger partial charge in [0.2, 0.25) is 0 Å². The highest BCUT2D eigenvalue weighted by atomic mass is 35.5. The van der Waals surface area contributed by atoms with E-state index in [1.54, 1.807) is 37.4 Å². The van der Waals surface area contributed by atoms with Crippen molar-refractivity contribution < 1.29 is 14.2 Å². The Morgan fingerprint density at radius 2 is 2.00 bits per heavy atom. The molecule has 2 aromatic rings. The Kier molecular flexibility index (Phi) is 5.17. The van der Waals surface area contributed by atoms with Crippen LogP contribution in [0, 0.1) is 5.82 Å². The van der Waals surface area contributed by atoms with Gasteiger partial charge in [0.15, 0.2) is 0 Å². The number of aliphatic hydroxyl groups is 1. The number of aliphatic hydroxyl groups excluding tert-OH is 1. The van der Waals surface area contributed by atoms with E-state index in [1.165, 1.54) is 12.1 Å². The molecule has 2 rings (SSSR count). The van der Waals surface area contributed by atoms with Gasteiger partial charge in [-0.05, 0) is 29.8 Å². The largest absolute Gasteiger partial charge is 0.497 e. The van der Waals surface area contributed by atoms with Crippen molar-refractivity contribution in [1.82, 2.24) is 0 Å².